The summed E-state index contributed by atoms with van der Waals surface area (Å²) in [5, 5.41) is 5.18. The van der Waals surface area contributed by atoms with Gasteiger partial charge in [-0.1, -0.05) is 18.3 Å². The lowest BCUT2D eigenvalue weighted by Gasteiger charge is -2.13. The van der Waals surface area contributed by atoms with Gasteiger partial charge in [-0.3, -0.25) is 9.69 Å². The monoisotopic (exact) mass is 279 g/mol. The Labute approximate surface area is 114 Å². The number of nitrogens with zero attached hydrogens (tertiary/aromatic N) is 4. The largest absolute Gasteiger partial charge is 0.326 e. The third kappa shape index (κ3) is 2.54. The summed E-state index contributed by atoms with van der Waals surface area (Å²) in [5.41, 5.74) is 6.60. The Balaban J connectivity index is 1.90. The van der Waals surface area contributed by atoms with E-state index in [1.54, 1.807) is 6.07 Å². The summed E-state index contributed by atoms with van der Waals surface area (Å²) in [5.74, 6) is 0. The number of fused-ring (bicyclic) bond motifs is 1. The molecular weight excluding hydrogens is 262 g/mol. The number of rotatable bonds is 3. The number of aryl methyl sites for hydroxylation is 1. The van der Waals surface area contributed by atoms with Crippen LogP contribution < -0.4 is 11.3 Å². The molecule has 7 heteroatoms. The highest BCUT2D eigenvalue weighted by molar-refractivity contribution is 7.16. The Bertz CT molecular complexity index is 649. The van der Waals surface area contributed by atoms with E-state index >= 15 is 0 Å². The van der Waals surface area contributed by atoms with Crippen molar-refractivity contribution in [2.45, 2.75) is 32.4 Å². The molecule has 1 aliphatic rings. The molecule has 2 aromatic heterocycles. The maximum atomic E-state index is 12.0. The smallest absolute Gasteiger partial charge is 0.275 e. The number of nitrogens with two attached hydrogens (primary N) is 1. The summed E-state index contributed by atoms with van der Waals surface area (Å²) in [7, 11) is 0. The highest BCUT2D eigenvalue weighted by Gasteiger charge is 2.20. The van der Waals surface area contributed by atoms with Gasteiger partial charge in [0.15, 0.2) is 0 Å². The van der Waals surface area contributed by atoms with Gasteiger partial charge >= 0.3 is 0 Å². The third-order valence-electron chi connectivity index (χ3n) is 3.34. The van der Waals surface area contributed by atoms with Gasteiger partial charge in [-0.05, 0) is 12.8 Å². The molecule has 0 aromatic carbocycles. The van der Waals surface area contributed by atoms with Gasteiger partial charge in [-0.2, -0.15) is 9.61 Å². The van der Waals surface area contributed by atoms with E-state index in [1.165, 1.54) is 15.9 Å². The highest BCUT2D eigenvalue weighted by Crippen LogP contribution is 2.14. The first-order chi connectivity index (χ1) is 9.15. The van der Waals surface area contributed by atoms with E-state index < -0.39 is 0 Å². The summed E-state index contributed by atoms with van der Waals surface area (Å²) in [6.45, 7) is 4.57. The van der Waals surface area contributed by atoms with Crippen LogP contribution in [0, 0.1) is 0 Å². The fourth-order valence-corrected chi connectivity index (χ4v) is 3.21. The summed E-state index contributed by atoms with van der Waals surface area (Å²) in [6.07, 6.45) is 1.84. The lowest BCUT2D eigenvalue weighted by Crippen LogP contribution is -2.27. The van der Waals surface area contributed by atoms with Crippen LogP contribution in [0.4, 0.5) is 0 Å². The quantitative estimate of drug-likeness (QED) is 0.871. The molecule has 0 radical (unpaired) electrons. The first kappa shape index (κ1) is 12.7. The maximum Gasteiger partial charge on any atom is 0.275 e. The molecule has 0 amide bonds. The van der Waals surface area contributed by atoms with E-state index in [-0.39, 0.29) is 11.6 Å². The zero-order valence-corrected chi connectivity index (χ0v) is 11.7. The summed E-state index contributed by atoms with van der Waals surface area (Å²) in [6, 6.07) is 1.83. The van der Waals surface area contributed by atoms with Gasteiger partial charge in [0.05, 0.1) is 5.69 Å². The molecule has 2 aromatic rings. The lowest BCUT2D eigenvalue weighted by molar-refractivity contribution is 0.323. The van der Waals surface area contributed by atoms with Crippen LogP contribution in [-0.4, -0.2) is 38.6 Å². The predicted molar refractivity (Wildman–Crippen MR) is 74.4 cm³/mol. The molecule has 0 spiro atoms. The van der Waals surface area contributed by atoms with Gasteiger partial charge in [0.25, 0.3) is 5.56 Å². The fraction of sp³-hybridized carbons (Fsp3) is 0.583. The van der Waals surface area contributed by atoms with Crippen molar-refractivity contribution in [3.8, 4) is 0 Å². The van der Waals surface area contributed by atoms with Gasteiger partial charge in [0.2, 0.25) is 4.96 Å². The topological polar surface area (TPSA) is 76.5 Å². The minimum Gasteiger partial charge on any atom is -0.326 e. The van der Waals surface area contributed by atoms with Crippen molar-refractivity contribution in [1.29, 1.82) is 0 Å². The van der Waals surface area contributed by atoms with E-state index in [1.807, 2.05) is 6.92 Å². The number of hydrogen-bond donors (Lipinski definition) is 1. The van der Waals surface area contributed by atoms with E-state index in [9.17, 15) is 4.79 Å². The van der Waals surface area contributed by atoms with Crippen LogP contribution in [0.25, 0.3) is 4.96 Å². The van der Waals surface area contributed by atoms with Crippen molar-refractivity contribution < 1.29 is 0 Å². The molecule has 6 nitrogen and oxygen atoms in total. The number of aromatic nitrogens is 3. The van der Waals surface area contributed by atoms with Crippen LogP contribution >= 0.6 is 11.3 Å². The van der Waals surface area contributed by atoms with Crippen molar-refractivity contribution in [1.82, 2.24) is 19.5 Å². The van der Waals surface area contributed by atoms with Crippen LogP contribution in [0.2, 0.25) is 0 Å². The minimum absolute atomic E-state index is 0.0977. The van der Waals surface area contributed by atoms with Crippen molar-refractivity contribution in [2.75, 3.05) is 13.1 Å². The molecule has 1 saturated heterocycles. The van der Waals surface area contributed by atoms with Gasteiger partial charge in [0.1, 0.15) is 5.01 Å². The number of likely N-dealkylation sites (tertiary alicyclic amines) is 1. The molecule has 19 heavy (non-hydrogen) atoms. The van der Waals surface area contributed by atoms with Crippen LogP contribution in [-0.2, 0) is 13.0 Å². The Morgan fingerprint density at radius 2 is 2.42 bits per heavy atom. The Hall–Kier alpha value is -1.31. The highest BCUT2D eigenvalue weighted by atomic mass is 32.1. The SMILES string of the molecule is CCc1nn2c(=O)cc(CN3CC[C@@H](N)C3)nc2s1. The molecule has 0 saturated carbocycles. The van der Waals surface area contributed by atoms with Crippen molar-refractivity contribution in [3.63, 3.8) is 0 Å². The normalized spacial score (nSPS) is 20.4. The van der Waals surface area contributed by atoms with Crippen molar-refractivity contribution in [2.24, 2.45) is 5.73 Å². The molecule has 3 rings (SSSR count). The molecule has 1 aliphatic heterocycles. The molecule has 0 unspecified atom stereocenters. The molecule has 0 bridgehead atoms. The van der Waals surface area contributed by atoms with Gasteiger partial charge in [-0.15, -0.1) is 0 Å². The Morgan fingerprint density at radius 3 is 3.11 bits per heavy atom. The molecule has 2 N–H and O–H groups in total. The summed E-state index contributed by atoms with van der Waals surface area (Å²) in [4.78, 5) is 19.4. The second-order valence-electron chi connectivity index (χ2n) is 4.91. The van der Waals surface area contributed by atoms with Gasteiger partial charge in [-0.25, -0.2) is 4.98 Å². The third-order valence-corrected chi connectivity index (χ3v) is 4.39. The van der Waals surface area contributed by atoms with Crippen LogP contribution in [0.15, 0.2) is 10.9 Å². The maximum absolute atomic E-state index is 12.0. The minimum atomic E-state index is -0.0977. The zero-order chi connectivity index (χ0) is 13.4. The fourth-order valence-electron chi connectivity index (χ4n) is 2.36. The number of hydrogen-bond acceptors (Lipinski definition) is 6. The second-order valence-corrected chi connectivity index (χ2v) is 5.95. The van der Waals surface area contributed by atoms with Crippen LogP contribution in [0.3, 0.4) is 0 Å². The second kappa shape index (κ2) is 4.99. The van der Waals surface area contributed by atoms with E-state index in [0.717, 1.165) is 36.6 Å². The lowest BCUT2D eigenvalue weighted by atomic mass is 10.3. The summed E-state index contributed by atoms with van der Waals surface area (Å²) >= 11 is 1.48. The average Bonchev–Trinajstić information content (AvgIpc) is 2.96. The van der Waals surface area contributed by atoms with E-state index in [2.05, 4.69) is 15.0 Å². The Kier molecular flexibility index (Phi) is 3.34. The standard InChI is InChI=1S/C12H17N5OS/c1-2-10-15-17-11(18)5-9(14-12(17)19-10)7-16-4-3-8(13)6-16/h5,8H,2-4,6-7,13H2,1H3/t8-/m1/s1. The average molecular weight is 279 g/mol. The molecule has 1 fully saturated rings. The molecule has 3 heterocycles. The molecular formula is C12H17N5OS. The molecule has 102 valence electrons. The Morgan fingerprint density at radius 1 is 1.58 bits per heavy atom. The first-order valence-corrected chi connectivity index (χ1v) is 7.34. The van der Waals surface area contributed by atoms with E-state index in [4.69, 9.17) is 5.73 Å². The predicted octanol–water partition coefficient (Wildman–Crippen LogP) is 0.246. The van der Waals surface area contributed by atoms with E-state index in [0.29, 0.717) is 11.5 Å². The van der Waals surface area contributed by atoms with Crippen molar-refractivity contribution in [3.05, 3.63) is 27.1 Å². The van der Waals surface area contributed by atoms with Gasteiger partial charge in [0, 0.05) is 31.7 Å². The zero-order valence-electron chi connectivity index (χ0n) is 10.9. The molecule has 1 atom stereocenters. The van der Waals surface area contributed by atoms with Crippen LogP contribution in [0.5, 0.6) is 0 Å². The van der Waals surface area contributed by atoms with Gasteiger partial charge < -0.3 is 5.73 Å². The molecule has 0 aliphatic carbocycles. The van der Waals surface area contributed by atoms with Crippen LogP contribution in [0.1, 0.15) is 24.0 Å². The van der Waals surface area contributed by atoms with Crippen molar-refractivity contribution >= 4 is 16.3 Å². The summed E-state index contributed by atoms with van der Waals surface area (Å²) < 4.78 is 1.39. The first-order valence-electron chi connectivity index (χ1n) is 6.52.